The lowest BCUT2D eigenvalue weighted by atomic mass is 10.1. The molecule has 0 saturated carbocycles. The van der Waals surface area contributed by atoms with Crippen LogP contribution in [0, 0.1) is 5.82 Å². The summed E-state index contributed by atoms with van der Waals surface area (Å²) < 4.78 is 14.2. The van der Waals surface area contributed by atoms with Crippen molar-refractivity contribution in [1.29, 1.82) is 0 Å². The quantitative estimate of drug-likeness (QED) is 0.666. The first kappa shape index (κ1) is 14.2. The van der Waals surface area contributed by atoms with Gasteiger partial charge in [0.2, 0.25) is 0 Å². The number of halogens is 2. The van der Waals surface area contributed by atoms with Crippen LogP contribution in [-0.2, 0) is 0 Å². The van der Waals surface area contributed by atoms with E-state index in [2.05, 4.69) is 20.6 Å². The monoisotopic (exact) mass is 340 g/mol. The molecule has 21 heavy (non-hydrogen) atoms. The molecule has 0 saturated heterocycles. The van der Waals surface area contributed by atoms with Gasteiger partial charge in [0.15, 0.2) is 10.3 Å². The summed E-state index contributed by atoms with van der Waals surface area (Å²) in [5.41, 5.74) is 0.338. The molecule has 0 atom stereocenters. The van der Waals surface area contributed by atoms with Gasteiger partial charge >= 0.3 is 0 Å². The summed E-state index contributed by atoms with van der Waals surface area (Å²) in [6, 6.07) is 4.60. The maximum atomic E-state index is 14.2. The minimum atomic E-state index is -0.559. The molecule has 0 aliphatic rings. The zero-order valence-corrected chi connectivity index (χ0v) is 13.0. The number of nitrogens with zero attached hydrogens (tertiary/aromatic N) is 2. The van der Waals surface area contributed by atoms with Crippen molar-refractivity contribution in [3.05, 3.63) is 57.8 Å². The van der Waals surface area contributed by atoms with Crippen LogP contribution in [0.15, 0.2) is 41.4 Å². The van der Waals surface area contributed by atoms with Crippen molar-refractivity contribution in [3.63, 3.8) is 0 Å². The van der Waals surface area contributed by atoms with Gasteiger partial charge in [-0.1, -0.05) is 17.7 Å². The molecule has 0 aliphatic carbocycles. The highest BCUT2D eigenvalue weighted by Crippen LogP contribution is 2.30. The van der Waals surface area contributed by atoms with Gasteiger partial charge in [-0.25, -0.2) is 14.4 Å². The van der Waals surface area contributed by atoms with Gasteiger partial charge in [0.25, 0.3) is 0 Å². The normalized spacial score (nSPS) is 10.8. The Morgan fingerprint density at radius 1 is 1.05 bits per heavy atom. The molecule has 0 radical (unpaired) electrons. The fourth-order valence-electron chi connectivity index (χ4n) is 1.80. The molecule has 2 aromatic heterocycles. The maximum Gasteiger partial charge on any atom is 0.184 e. The summed E-state index contributed by atoms with van der Waals surface area (Å²) in [6.45, 7) is 0. The Hall–Kier alpha value is -1.70. The molecule has 8 heteroatoms. The van der Waals surface area contributed by atoms with Crippen molar-refractivity contribution in [2.45, 2.75) is 6.17 Å². The number of anilines is 2. The third-order valence-corrected chi connectivity index (χ3v) is 4.43. The minimum absolute atomic E-state index is 0.338. The highest BCUT2D eigenvalue weighted by Gasteiger charge is 2.20. The Bertz CT molecular complexity index is 647. The van der Waals surface area contributed by atoms with Crippen LogP contribution in [0.5, 0.6) is 0 Å². The van der Waals surface area contributed by atoms with Crippen LogP contribution >= 0.6 is 34.3 Å². The van der Waals surface area contributed by atoms with Crippen molar-refractivity contribution < 1.29 is 4.39 Å². The number of rotatable bonds is 5. The third-order valence-electron chi connectivity index (χ3n) is 2.69. The van der Waals surface area contributed by atoms with Crippen molar-refractivity contribution in [2.24, 2.45) is 0 Å². The average molecular weight is 341 g/mol. The van der Waals surface area contributed by atoms with Crippen molar-refractivity contribution >= 4 is 44.5 Å². The predicted molar refractivity (Wildman–Crippen MR) is 85.6 cm³/mol. The second kappa shape index (κ2) is 6.38. The molecule has 3 rings (SSSR count). The fourth-order valence-corrected chi connectivity index (χ4v) is 3.19. The molecule has 3 aromatic rings. The molecule has 0 fully saturated rings. The predicted octanol–water partition coefficient (Wildman–Crippen LogP) is 4.61. The van der Waals surface area contributed by atoms with Gasteiger partial charge < -0.3 is 10.6 Å². The van der Waals surface area contributed by atoms with E-state index in [0.717, 1.165) is 0 Å². The van der Waals surface area contributed by atoms with E-state index >= 15 is 0 Å². The second-order valence-corrected chi connectivity index (χ2v) is 6.23. The van der Waals surface area contributed by atoms with Gasteiger partial charge in [0.1, 0.15) is 12.0 Å². The van der Waals surface area contributed by atoms with Gasteiger partial charge in [-0.15, -0.1) is 22.7 Å². The molecule has 0 unspecified atom stereocenters. The Morgan fingerprint density at radius 3 is 2.14 bits per heavy atom. The standard InChI is InChI=1S/C13H10ClFN4S2/c14-8-2-1-3-9(15)10(8)11(18-12-16-4-6-20-12)19-13-17-5-7-21-13/h1-7,11H,(H,16,18)(H,17,19). The van der Waals surface area contributed by atoms with E-state index in [9.17, 15) is 4.39 Å². The molecule has 0 aliphatic heterocycles. The molecular formula is C13H10ClFN4S2. The van der Waals surface area contributed by atoms with Crippen LogP contribution in [0.25, 0.3) is 0 Å². The first-order valence-corrected chi connectivity index (χ1v) is 8.14. The zero-order valence-electron chi connectivity index (χ0n) is 10.6. The molecular weight excluding hydrogens is 331 g/mol. The lowest BCUT2D eigenvalue weighted by Gasteiger charge is -2.21. The maximum absolute atomic E-state index is 14.2. The van der Waals surface area contributed by atoms with E-state index in [4.69, 9.17) is 11.6 Å². The summed E-state index contributed by atoms with van der Waals surface area (Å²) in [5, 5.41) is 11.6. The summed E-state index contributed by atoms with van der Waals surface area (Å²) in [5.74, 6) is -0.388. The molecule has 108 valence electrons. The highest BCUT2D eigenvalue weighted by molar-refractivity contribution is 7.14. The van der Waals surface area contributed by atoms with Crippen molar-refractivity contribution in [1.82, 2.24) is 9.97 Å². The molecule has 4 nitrogen and oxygen atoms in total. The largest absolute Gasteiger partial charge is 0.337 e. The lowest BCUT2D eigenvalue weighted by molar-refractivity contribution is 0.602. The van der Waals surface area contributed by atoms with Crippen molar-refractivity contribution in [2.75, 3.05) is 10.6 Å². The van der Waals surface area contributed by atoms with E-state index in [-0.39, 0.29) is 5.82 Å². The number of nitrogens with one attached hydrogen (secondary N) is 2. The Kier molecular flexibility index (Phi) is 4.33. The van der Waals surface area contributed by atoms with Crippen LogP contribution in [-0.4, -0.2) is 9.97 Å². The Morgan fingerprint density at radius 2 is 1.67 bits per heavy atom. The number of aromatic nitrogens is 2. The summed E-state index contributed by atoms with van der Waals surface area (Å²) >= 11 is 9.00. The van der Waals surface area contributed by atoms with E-state index in [1.807, 2.05) is 10.8 Å². The third kappa shape index (κ3) is 3.31. The van der Waals surface area contributed by atoms with Gasteiger partial charge in [-0.3, -0.25) is 0 Å². The highest BCUT2D eigenvalue weighted by atomic mass is 35.5. The van der Waals surface area contributed by atoms with Crippen LogP contribution in [0.1, 0.15) is 11.7 Å². The smallest absolute Gasteiger partial charge is 0.184 e. The Balaban J connectivity index is 1.94. The van der Waals surface area contributed by atoms with Crippen LogP contribution in [0.4, 0.5) is 14.7 Å². The minimum Gasteiger partial charge on any atom is -0.337 e. The van der Waals surface area contributed by atoms with Crippen LogP contribution < -0.4 is 10.6 Å². The lowest BCUT2D eigenvalue weighted by Crippen LogP contribution is -2.21. The SMILES string of the molecule is Fc1cccc(Cl)c1C(Nc1nccs1)Nc1nccs1. The summed E-state index contributed by atoms with van der Waals surface area (Å²) in [7, 11) is 0. The van der Waals surface area contributed by atoms with E-state index in [0.29, 0.717) is 20.8 Å². The van der Waals surface area contributed by atoms with Crippen LogP contribution in [0.3, 0.4) is 0 Å². The summed E-state index contributed by atoms with van der Waals surface area (Å²) in [6.07, 6.45) is 2.79. The Labute approximate surface area is 133 Å². The number of hydrogen-bond acceptors (Lipinski definition) is 6. The van der Waals surface area contributed by atoms with E-state index in [1.165, 1.54) is 28.7 Å². The molecule has 2 N–H and O–H groups in total. The van der Waals surface area contributed by atoms with E-state index < -0.39 is 6.17 Å². The summed E-state index contributed by atoms with van der Waals surface area (Å²) in [4.78, 5) is 8.31. The van der Waals surface area contributed by atoms with Gasteiger partial charge in [-0.05, 0) is 12.1 Å². The van der Waals surface area contributed by atoms with Crippen molar-refractivity contribution in [3.8, 4) is 0 Å². The molecule has 2 heterocycles. The number of hydrogen-bond donors (Lipinski definition) is 2. The van der Waals surface area contributed by atoms with Gasteiger partial charge in [0, 0.05) is 28.7 Å². The fraction of sp³-hybridized carbons (Fsp3) is 0.0769. The second-order valence-electron chi connectivity index (χ2n) is 4.03. The van der Waals surface area contributed by atoms with Crippen LogP contribution in [0.2, 0.25) is 5.02 Å². The first-order chi connectivity index (χ1) is 10.2. The first-order valence-electron chi connectivity index (χ1n) is 6.00. The molecule has 0 spiro atoms. The number of thiazole rings is 2. The number of benzene rings is 1. The van der Waals surface area contributed by atoms with E-state index in [1.54, 1.807) is 24.5 Å². The van der Waals surface area contributed by atoms with Gasteiger partial charge in [0.05, 0.1) is 5.02 Å². The molecule has 0 bridgehead atoms. The molecule has 0 amide bonds. The molecule has 1 aromatic carbocycles. The zero-order chi connectivity index (χ0) is 14.7. The average Bonchev–Trinajstić information content (AvgIpc) is 3.12. The topological polar surface area (TPSA) is 49.8 Å². The van der Waals surface area contributed by atoms with Gasteiger partial charge in [-0.2, -0.15) is 0 Å².